The van der Waals surface area contributed by atoms with Gasteiger partial charge in [-0.2, -0.15) is 5.10 Å². The number of nitrogens with one attached hydrogen (secondary N) is 2. The Labute approximate surface area is 127 Å². The van der Waals surface area contributed by atoms with Crippen molar-refractivity contribution in [2.75, 3.05) is 13.2 Å². The zero-order valence-corrected chi connectivity index (χ0v) is 13.8. The first-order valence-electron chi connectivity index (χ1n) is 7.95. The Morgan fingerprint density at radius 3 is 2.57 bits per heavy atom. The average Bonchev–Trinajstić information content (AvgIpc) is 2.85. The lowest BCUT2D eigenvalue weighted by Gasteiger charge is -2.29. The molecule has 0 bridgehead atoms. The molecule has 0 spiro atoms. The number of aromatic nitrogens is 2. The lowest BCUT2D eigenvalue weighted by Crippen LogP contribution is -2.31. The molecular weight excluding hydrogens is 266 g/mol. The molecule has 21 heavy (non-hydrogen) atoms. The van der Waals surface area contributed by atoms with Gasteiger partial charge in [-0.1, -0.05) is 26.7 Å². The molecule has 0 aliphatic carbocycles. The largest absolute Gasteiger partial charge is 0.375 e. The molecule has 0 aliphatic heterocycles. The Morgan fingerprint density at radius 1 is 1.38 bits per heavy atom. The minimum Gasteiger partial charge on any atom is -0.375 e. The third-order valence-electron chi connectivity index (χ3n) is 3.55. The molecule has 0 aromatic carbocycles. The summed E-state index contributed by atoms with van der Waals surface area (Å²) in [6.07, 6.45) is 5.25. The van der Waals surface area contributed by atoms with Crippen molar-refractivity contribution in [2.24, 2.45) is 0 Å². The fraction of sp³-hybridized carbons (Fsp3) is 0.750. The van der Waals surface area contributed by atoms with E-state index in [1.54, 1.807) is 6.07 Å². The van der Waals surface area contributed by atoms with Crippen LogP contribution >= 0.6 is 0 Å². The fourth-order valence-electron chi connectivity index (χ4n) is 2.54. The molecule has 1 aromatic rings. The maximum atomic E-state index is 11.8. The van der Waals surface area contributed by atoms with Gasteiger partial charge in [-0.3, -0.25) is 9.89 Å². The summed E-state index contributed by atoms with van der Waals surface area (Å²) >= 11 is 0. The molecule has 5 heteroatoms. The van der Waals surface area contributed by atoms with E-state index in [1.165, 1.54) is 0 Å². The Kier molecular flexibility index (Phi) is 7.43. The third kappa shape index (κ3) is 6.29. The fourth-order valence-corrected chi connectivity index (χ4v) is 2.54. The molecule has 2 N–H and O–H groups in total. The van der Waals surface area contributed by atoms with Crippen LogP contribution in [0.1, 0.15) is 69.1 Å². The summed E-state index contributed by atoms with van der Waals surface area (Å²) in [5.74, 6) is -0.135. The molecule has 0 aliphatic rings. The van der Waals surface area contributed by atoms with E-state index in [9.17, 15) is 4.79 Å². The maximum Gasteiger partial charge on any atom is 0.271 e. The van der Waals surface area contributed by atoms with E-state index >= 15 is 0 Å². The van der Waals surface area contributed by atoms with E-state index in [2.05, 4.69) is 36.3 Å². The number of amides is 1. The highest BCUT2D eigenvalue weighted by Gasteiger charge is 2.22. The van der Waals surface area contributed by atoms with Gasteiger partial charge in [0.25, 0.3) is 5.91 Å². The molecule has 1 aromatic heterocycles. The van der Waals surface area contributed by atoms with E-state index < -0.39 is 0 Å². The van der Waals surface area contributed by atoms with Gasteiger partial charge in [0.05, 0.1) is 5.60 Å². The summed E-state index contributed by atoms with van der Waals surface area (Å²) in [7, 11) is 0. The second kappa shape index (κ2) is 8.82. The van der Waals surface area contributed by atoms with E-state index in [0.29, 0.717) is 18.8 Å². The monoisotopic (exact) mass is 295 g/mol. The van der Waals surface area contributed by atoms with Crippen molar-refractivity contribution in [3.8, 4) is 0 Å². The third-order valence-corrected chi connectivity index (χ3v) is 3.55. The van der Waals surface area contributed by atoms with E-state index in [-0.39, 0.29) is 11.5 Å². The molecule has 120 valence electrons. The van der Waals surface area contributed by atoms with Crippen LogP contribution in [-0.4, -0.2) is 34.9 Å². The van der Waals surface area contributed by atoms with Crippen LogP contribution < -0.4 is 5.32 Å². The lowest BCUT2D eigenvalue weighted by molar-refractivity contribution is -0.0451. The van der Waals surface area contributed by atoms with Gasteiger partial charge < -0.3 is 10.1 Å². The average molecular weight is 295 g/mol. The van der Waals surface area contributed by atoms with Crippen LogP contribution in [0.2, 0.25) is 0 Å². The quantitative estimate of drug-likeness (QED) is 0.651. The number of rotatable bonds is 10. The first-order chi connectivity index (χ1) is 10.0. The number of carbonyl (C=O) groups is 1. The zero-order chi connectivity index (χ0) is 15.7. The van der Waals surface area contributed by atoms with Gasteiger partial charge in [0.15, 0.2) is 0 Å². The van der Waals surface area contributed by atoms with Gasteiger partial charge in [-0.25, -0.2) is 0 Å². The normalized spacial score (nSPS) is 11.6. The minimum atomic E-state index is -0.135. The molecule has 0 fully saturated rings. The number of H-pyrrole nitrogens is 1. The van der Waals surface area contributed by atoms with E-state index in [0.717, 1.165) is 37.8 Å². The molecule has 0 unspecified atom stereocenters. The molecule has 1 rings (SSSR count). The Bertz CT molecular complexity index is 423. The smallest absolute Gasteiger partial charge is 0.271 e. The predicted molar refractivity (Wildman–Crippen MR) is 84.4 cm³/mol. The summed E-state index contributed by atoms with van der Waals surface area (Å²) in [5.41, 5.74) is 1.31. The number of aryl methyl sites for hydroxylation is 1. The first kappa shape index (κ1) is 17.7. The number of hydrogen-bond donors (Lipinski definition) is 2. The van der Waals surface area contributed by atoms with Crippen LogP contribution in [0.25, 0.3) is 0 Å². The standard InChI is InChI=1S/C16H29N3O2/c1-5-8-16(4,9-6-2)21-11-7-10-17-15(20)14-12-13(3)18-19-14/h12H,5-11H2,1-4H3,(H,17,20)(H,18,19). The molecule has 0 atom stereocenters. The van der Waals surface area contributed by atoms with Gasteiger partial charge in [0, 0.05) is 18.8 Å². The highest BCUT2D eigenvalue weighted by atomic mass is 16.5. The van der Waals surface area contributed by atoms with Gasteiger partial charge in [-0.15, -0.1) is 0 Å². The molecule has 0 saturated heterocycles. The molecular formula is C16H29N3O2. The summed E-state index contributed by atoms with van der Waals surface area (Å²) in [6.45, 7) is 9.72. The van der Waals surface area contributed by atoms with Crippen molar-refractivity contribution in [3.63, 3.8) is 0 Å². The zero-order valence-electron chi connectivity index (χ0n) is 13.8. The van der Waals surface area contributed by atoms with Crippen LogP contribution in [-0.2, 0) is 4.74 Å². The van der Waals surface area contributed by atoms with Crippen molar-refractivity contribution in [3.05, 3.63) is 17.5 Å². The molecule has 0 saturated carbocycles. The SMILES string of the molecule is CCCC(C)(CCC)OCCCNC(=O)c1cc(C)[nH]n1. The van der Waals surface area contributed by atoms with Crippen molar-refractivity contribution >= 4 is 5.91 Å². The van der Waals surface area contributed by atoms with Crippen LogP contribution in [0.3, 0.4) is 0 Å². The molecule has 1 amide bonds. The van der Waals surface area contributed by atoms with Gasteiger partial charge >= 0.3 is 0 Å². The van der Waals surface area contributed by atoms with Crippen LogP contribution in [0, 0.1) is 6.92 Å². The van der Waals surface area contributed by atoms with E-state index in [1.807, 2.05) is 6.92 Å². The Balaban J connectivity index is 2.23. The van der Waals surface area contributed by atoms with Crippen LogP contribution in [0.5, 0.6) is 0 Å². The summed E-state index contributed by atoms with van der Waals surface area (Å²) < 4.78 is 6.03. The summed E-state index contributed by atoms with van der Waals surface area (Å²) in [6, 6.07) is 1.74. The van der Waals surface area contributed by atoms with Crippen molar-refractivity contribution in [1.82, 2.24) is 15.5 Å². The number of hydrogen-bond acceptors (Lipinski definition) is 3. The lowest BCUT2D eigenvalue weighted by atomic mass is 9.95. The second-order valence-corrected chi connectivity index (χ2v) is 5.84. The highest BCUT2D eigenvalue weighted by Crippen LogP contribution is 2.23. The van der Waals surface area contributed by atoms with Crippen molar-refractivity contribution < 1.29 is 9.53 Å². The summed E-state index contributed by atoms with van der Waals surface area (Å²) in [5, 5.41) is 9.56. The van der Waals surface area contributed by atoms with Crippen molar-refractivity contribution in [1.29, 1.82) is 0 Å². The topological polar surface area (TPSA) is 67.0 Å². The van der Waals surface area contributed by atoms with Gasteiger partial charge in [0.1, 0.15) is 5.69 Å². The number of nitrogens with zero attached hydrogens (tertiary/aromatic N) is 1. The Morgan fingerprint density at radius 2 is 2.05 bits per heavy atom. The van der Waals surface area contributed by atoms with Gasteiger partial charge in [0.2, 0.25) is 0 Å². The predicted octanol–water partition coefficient (Wildman–Crippen LogP) is 3.21. The molecule has 5 nitrogen and oxygen atoms in total. The van der Waals surface area contributed by atoms with Gasteiger partial charge in [-0.05, 0) is 39.2 Å². The van der Waals surface area contributed by atoms with Crippen LogP contribution in [0.15, 0.2) is 6.07 Å². The molecule has 1 heterocycles. The van der Waals surface area contributed by atoms with Crippen LogP contribution in [0.4, 0.5) is 0 Å². The minimum absolute atomic E-state index is 0.0210. The Hall–Kier alpha value is -1.36. The number of aromatic amines is 1. The van der Waals surface area contributed by atoms with E-state index in [4.69, 9.17) is 4.74 Å². The van der Waals surface area contributed by atoms with Crippen molar-refractivity contribution in [2.45, 2.75) is 65.4 Å². The second-order valence-electron chi connectivity index (χ2n) is 5.84. The number of carbonyl (C=O) groups excluding carboxylic acids is 1. The highest BCUT2D eigenvalue weighted by molar-refractivity contribution is 5.92. The first-order valence-corrected chi connectivity index (χ1v) is 7.95. The molecule has 0 radical (unpaired) electrons. The summed E-state index contributed by atoms with van der Waals surface area (Å²) in [4.78, 5) is 11.8. The number of ether oxygens (including phenoxy) is 1. The maximum absolute atomic E-state index is 11.8.